The molecular weight excluding hydrogens is 216 g/mol. The van der Waals surface area contributed by atoms with Crippen LogP contribution in [0.4, 0.5) is 0 Å². The van der Waals surface area contributed by atoms with Gasteiger partial charge in [-0.3, -0.25) is 4.98 Å². The number of pyridine rings is 1. The number of ether oxygens (including phenoxy) is 1. The molecule has 0 bridgehead atoms. The van der Waals surface area contributed by atoms with Gasteiger partial charge in [0.2, 0.25) is 0 Å². The maximum absolute atomic E-state index is 5.75. The summed E-state index contributed by atoms with van der Waals surface area (Å²) in [5.74, 6) is 1.16. The Morgan fingerprint density at radius 1 is 1.47 bits per heavy atom. The largest absolute Gasteiger partial charge is 0.495 e. The summed E-state index contributed by atoms with van der Waals surface area (Å²) in [6.45, 7) is 6.54. The third-order valence-electron chi connectivity index (χ3n) is 1.95. The van der Waals surface area contributed by atoms with E-state index in [1.165, 1.54) is 0 Å². The van der Waals surface area contributed by atoms with E-state index in [1.807, 2.05) is 32.9 Å². The van der Waals surface area contributed by atoms with Gasteiger partial charge in [0, 0.05) is 5.54 Å². The summed E-state index contributed by atoms with van der Waals surface area (Å²) >= 11 is 0. The molecule has 3 N–H and O–H groups in total. The van der Waals surface area contributed by atoms with E-state index < -0.39 is 0 Å². The average molecular weight is 236 g/mol. The van der Waals surface area contributed by atoms with Crippen LogP contribution in [0.15, 0.2) is 23.3 Å². The third kappa shape index (κ3) is 5.19. The molecule has 5 nitrogen and oxygen atoms in total. The Hall–Kier alpha value is -1.78. The van der Waals surface area contributed by atoms with Crippen molar-refractivity contribution in [2.24, 2.45) is 10.7 Å². The molecule has 0 unspecified atom stereocenters. The molecule has 0 spiro atoms. The van der Waals surface area contributed by atoms with Gasteiger partial charge in [0.1, 0.15) is 5.75 Å². The zero-order valence-corrected chi connectivity index (χ0v) is 10.8. The Kier molecular flexibility index (Phi) is 4.31. The molecule has 0 saturated heterocycles. The smallest absolute Gasteiger partial charge is 0.189 e. The predicted octanol–water partition coefficient (Wildman–Crippen LogP) is 1.29. The minimum Gasteiger partial charge on any atom is -0.495 e. The van der Waals surface area contributed by atoms with Crippen LogP contribution in [0.2, 0.25) is 0 Å². The standard InChI is InChI=1S/C12H20N4O/c1-12(2,3)16-11(13)15-7-9-5-6-10(17-4)8-14-9/h5-6,8H,7H2,1-4H3,(H3,13,15,16). The topological polar surface area (TPSA) is 72.5 Å². The molecule has 17 heavy (non-hydrogen) atoms. The monoisotopic (exact) mass is 236 g/mol. The molecule has 0 amide bonds. The Morgan fingerprint density at radius 2 is 2.18 bits per heavy atom. The fourth-order valence-electron chi connectivity index (χ4n) is 1.22. The van der Waals surface area contributed by atoms with E-state index in [9.17, 15) is 0 Å². The minimum absolute atomic E-state index is 0.0824. The van der Waals surface area contributed by atoms with Crippen LogP contribution in [0.1, 0.15) is 26.5 Å². The quantitative estimate of drug-likeness (QED) is 0.613. The van der Waals surface area contributed by atoms with Gasteiger partial charge in [-0.05, 0) is 32.9 Å². The molecule has 0 aromatic carbocycles. The molecule has 94 valence electrons. The molecule has 0 aliphatic carbocycles. The molecule has 0 aliphatic heterocycles. The summed E-state index contributed by atoms with van der Waals surface area (Å²) in [5.41, 5.74) is 6.52. The molecule has 1 aromatic rings. The van der Waals surface area contributed by atoms with Crippen molar-refractivity contribution in [3.05, 3.63) is 24.0 Å². The fourth-order valence-corrected chi connectivity index (χ4v) is 1.22. The Bertz CT molecular complexity index is 378. The fraction of sp³-hybridized carbons (Fsp3) is 0.500. The number of methoxy groups -OCH3 is 1. The number of aliphatic imine (C=N–C) groups is 1. The Balaban J connectivity index is 2.56. The zero-order valence-electron chi connectivity index (χ0n) is 10.8. The summed E-state index contributed by atoms with van der Waals surface area (Å²) in [5, 5.41) is 3.09. The number of hydrogen-bond acceptors (Lipinski definition) is 3. The van der Waals surface area contributed by atoms with Gasteiger partial charge in [0.25, 0.3) is 0 Å². The SMILES string of the molecule is COc1ccc(CN=C(N)NC(C)(C)C)nc1. The second-order valence-corrected chi connectivity index (χ2v) is 4.77. The summed E-state index contributed by atoms with van der Waals surface area (Å²) < 4.78 is 5.03. The first-order valence-corrected chi connectivity index (χ1v) is 5.48. The van der Waals surface area contributed by atoms with Crippen LogP contribution in [0, 0.1) is 0 Å². The van der Waals surface area contributed by atoms with Crippen molar-refractivity contribution < 1.29 is 4.74 Å². The number of guanidine groups is 1. The lowest BCUT2D eigenvalue weighted by Gasteiger charge is -2.20. The van der Waals surface area contributed by atoms with Gasteiger partial charge in [0.05, 0.1) is 25.5 Å². The van der Waals surface area contributed by atoms with E-state index in [2.05, 4.69) is 15.3 Å². The van der Waals surface area contributed by atoms with Gasteiger partial charge < -0.3 is 15.8 Å². The first-order valence-electron chi connectivity index (χ1n) is 5.48. The highest BCUT2D eigenvalue weighted by atomic mass is 16.5. The zero-order chi connectivity index (χ0) is 12.9. The molecular formula is C12H20N4O. The molecule has 1 aromatic heterocycles. The molecule has 5 heteroatoms. The summed E-state index contributed by atoms with van der Waals surface area (Å²) in [7, 11) is 1.61. The Labute approximate surface area is 102 Å². The number of hydrogen-bond donors (Lipinski definition) is 2. The molecule has 1 heterocycles. The maximum Gasteiger partial charge on any atom is 0.189 e. The number of nitrogens with zero attached hydrogens (tertiary/aromatic N) is 2. The van der Waals surface area contributed by atoms with Gasteiger partial charge in [-0.15, -0.1) is 0 Å². The number of nitrogens with two attached hydrogens (primary N) is 1. The van der Waals surface area contributed by atoms with E-state index in [4.69, 9.17) is 10.5 Å². The van der Waals surface area contributed by atoms with Crippen LogP contribution >= 0.6 is 0 Å². The van der Waals surface area contributed by atoms with Crippen LogP contribution in [0.5, 0.6) is 5.75 Å². The van der Waals surface area contributed by atoms with Crippen LogP contribution < -0.4 is 15.8 Å². The van der Waals surface area contributed by atoms with Crippen LogP contribution in [-0.4, -0.2) is 23.6 Å². The lowest BCUT2D eigenvalue weighted by Crippen LogP contribution is -2.44. The van der Waals surface area contributed by atoms with Gasteiger partial charge in [0.15, 0.2) is 5.96 Å². The van der Waals surface area contributed by atoms with Gasteiger partial charge in [-0.2, -0.15) is 0 Å². The molecule has 0 radical (unpaired) electrons. The number of nitrogens with one attached hydrogen (secondary N) is 1. The molecule has 1 rings (SSSR count). The summed E-state index contributed by atoms with van der Waals surface area (Å²) in [6.07, 6.45) is 1.66. The summed E-state index contributed by atoms with van der Waals surface area (Å²) in [6, 6.07) is 3.72. The number of aromatic nitrogens is 1. The normalized spacial score (nSPS) is 12.4. The van der Waals surface area contributed by atoms with E-state index in [0.29, 0.717) is 12.5 Å². The Morgan fingerprint density at radius 3 is 2.65 bits per heavy atom. The van der Waals surface area contributed by atoms with Gasteiger partial charge in [-0.1, -0.05) is 0 Å². The summed E-state index contributed by atoms with van der Waals surface area (Å²) in [4.78, 5) is 8.42. The lowest BCUT2D eigenvalue weighted by atomic mass is 10.1. The van der Waals surface area contributed by atoms with Crippen LogP contribution in [-0.2, 0) is 6.54 Å². The number of rotatable bonds is 3. The second kappa shape index (κ2) is 5.52. The van der Waals surface area contributed by atoms with E-state index in [1.54, 1.807) is 13.3 Å². The predicted molar refractivity (Wildman–Crippen MR) is 69.0 cm³/mol. The van der Waals surface area contributed by atoms with Crippen LogP contribution in [0.3, 0.4) is 0 Å². The van der Waals surface area contributed by atoms with Gasteiger partial charge >= 0.3 is 0 Å². The van der Waals surface area contributed by atoms with Crippen molar-refractivity contribution >= 4 is 5.96 Å². The van der Waals surface area contributed by atoms with Gasteiger partial charge in [-0.25, -0.2) is 4.99 Å². The lowest BCUT2D eigenvalue weighted by molar-refractivity contribution is 0.412. The highest BCUT2D eigenvalue weighted by molar-refractivity contribution is 5.78. The van der Waals surface area contributed by atoms with Crippen molar-refractivity contribution in [2.75, 3.05) is 7.11 Å². The van der Waals surface area contributed by atoms with Crippen LogP contribution in [0.25, 0.3) is 0 Å². The van der Waals surface area contributed by atoms with Crippen molar-refractivity contribution in [1.29, 1.82) is 0 Å². The highest BCUT2D eigenvalue weighted by Gasteiger charge is 2.09. The van der Waals surface area contributed by atoms with E-state index in [0.717, 1.165) is 11.4 Å². The van der Waals surface area contributed by atoms with Crippen molar-refractivity contribution in [3.8, 4) is 5.75 Å². The first-order chi connectivity index (χ1) is 7.90. The average Bonchev–Trinajstić information content (AvgIpc) is 2.25. The minimum atomic E-state index is -0.0824. The third-order valence-corrected chi connectivity index (χ3v) is 1.95. The van der Waals surface area contributed by atoms with Crippen molar-refractivity contribution in [1.82, 2.24) is 10.3 Å². The van der Waals surface area contributed by atoms with E-state index >= 15 is 0 Å². The van der Waals surface area contributed by atoms with Crippen molar-refractivity contribution in [3.63, 3.8) is 0 Å². The van der Waals surface area contributed by atoms with E-state index in [-0.39, 0.29) is 5.54 Å². The second-order valence-electron chi connectivity index (χ2n) is 4.77. The molecule has 0 aliphatic rings. The molecule has 0 saturated carbocycles. The molecule has 0 fully saturated rings. The van der Waals surface area contributed by atoms with Crippen molar-refractivity contribution in [2.45, 2.75) is 32.9 Å². The maximum atomic E-state index is 5.75. The first kappa shape index (κ1) is 13.3. The highest BCUT2D eigenvalue weighted by Crippen LogP contribution is 2.08. The molecule has 0 atom stereocenters.